The van der Waals surface area contributed by atoms with Gasteiger partial charge in [0.15, 0.2) is 0 Å². The van der Waals surface area contributed by atoms with Crippen LogP contribution in [0.3, 0.4) is 0 Å². The molecule has 2 aliphatic rings. The number of benzene rings is 2. The molecule has 0 spiro atoms. The first-order valence-corrected chi connectivity index (χ1v) is 12.7. The minimum Gasteiger partial charge on any atom is -0.345 e. The third kappa shape index (κ3) is 7.09. The van der Waals surface area contributed by atoms with Crippen LogP contribution in [0.5, 0.6) is 0 Å². The van der Waals surface area contributed by atoms with Crippen LogP contribution in [0.15, 0.2) is 48.5 Å². The van der Waals surface area contributed by atoms with Crippen molar-refractivity contribution in [2.45, 2.75) is 57.4 Å². The largest absolute Gasteiger partial charge is 0.401 e. The Morgan fingerprint density at radius 1 is 0.973 bits per heavy atom. The van der Waals surface area contributed by atoms with Crippen LogP contribution in [0.25, 0.3) is 0 Å². The van der Waals surface area contributed by atoms with E-state index in [-0.39, 0.29) is 31.3 Å². The van der Waals surface area contributed by atoms with Crippen LogP contribution in [0.1, 0.15) is 61.8 Å². The number of rotatable bonds is 8. The van der Waals surface area contributed by atoms with Crippen molar-refractivity contribution in [3.63, 3.8) is 0 Å². The van der Waals surface area contributed by atoms with E-state index in [1.54, 1.807) is 18.2 Å². The number of anilines is 1. The third-order valence-electron chi connectivity index (χ3n) is 7.16. The van der Waals surface area contributed by atoms with Crippen LogP contribution in [0.4, 0.5) is 23.2 Å². The number of amides is 2. The maximum atomic E-state index is 13.6. The van der Waals surface area contributed by atoms with E-state index in [0.717, 1.165) is 11.1 Å². The molecule has 2 amide bonds. The predicted octanol–water partition coefficient (Wildman–Crippen LogP) is 5.59. The Morgan fingerprint density at radius 2 is 1.57 bits per heavy atom. The van der Waals surface area contributed by atoms with E-state index in [1.807, 2.05) is 30.3 Å². The number of carbonyl (C=O) groups excluding carboxylic acids is 2. The first-order chi connectivity index (χ1) is 17.5. The predicted molar refractivity (Wildman–Crippen MR) is 134 cm³/mol. The molecule has 9 heteroatoms. The van der Waals surface area contributed by atoms with E-state index in [0.29, 0.717) is 30.0 Å². The molecule has 3 atom stereocenters. The monoisotopic (exact) mass is 519 g/mol. The van der Waals surface area contributed by atoms with Crippen molar-refractivity contribution < 1.29 is 27.2 Å². The molecule has 1 aliphatic heterocycles. The number of para-hydroxylation sites is 1. The molecule has 1 aliphatic carbocycles. The number of likely N-dealkylation sites (tertiary alicyclic amines) is 1. The van der Waals surface area contributed by atoms with Gasteiger partial charge in [0.1, 0.15) is 6.17 Å². The summed E-state index contributed by atoms with van der Waals surface area (Å²) in [6, 6.07) is 14.3. The average Bonchev–Trinajstić information content (AvgIpc) is 3.59. The first-order valence-electron chi connectivity index (χ1n) is 12.7. The Labute approximate surface area is 214 Å². The van der Waals surface area contributed by atoms with E-state index in [9.17, 15) is 27.2 Å². The van der Waals surface area contributed by atoms with Gasteiger partial charge in [0, 0.05) is 17.2 Å². The highest BCUT2D eigenvalue weighted by Gasteiger charge is 2.44. The summed E-state index contributed by atoms with van der Waals surface area (Å²) >= 11 is 0. The average molecular weight is 520 g/mol. The third-order valence-corrected chi connectivity index (χ3v) is 7.16. The molecule has 1 saturated carbocycles. The number of halogens is 4. The van der Waals surface area contributed by atoms with E-state index >= 15 is 0 Å². The van der Waals surface area contributed by atoms with Crippen molar-refractivity contribution in [1.82, 2.24) is 10.2 Å². The second-order valence-corrected chi connectivity index (χ2v) is 10.4. The summed E-state index contributed by atoms with van der Waals surface area (Å²) in [4.78, 5) is 27.1. The van der Waals surface area contributed by atoms with Gasteiger partial charge in [-0.05, 0) is 55.5 Å². The lowest BCUT2D eigenvalue weighted by atomic mass is 9.93. The molecule has 1 saturated heterocycles. The van der Waals surface area contributed by atoms with Gasteiger partial charge in [-0.1, -0.05) is 56.3 Å². The normalized spacial score (nSPS) is 21.5. The summed E-state index contributed by atoms with van der Waals surface area (Å²) in [6.45, 7) is 3.60. The summed E-state index contributed by atoms with van der Waals surface area (Å²) in [7, 11) is 0. The Kier molecular flexibility index (Phi) is 8.21. The maximum Gasteiger partial charge on any atom is 0.401 e. The number of carbonyl (C=O) groups is 2. The summed E-state index contributed by atoms with van der Waals surface area (Å²) in [5.41, 5.74) is 3.11. The van der Waals surface area contributed by atoms with Gasteiger partial charge in [-0.2, -0.15) is 13.2 Å². The summed E-state index contributed by atoms with van der Waals surface area (Å²) in [6.07, 6.45) is -4.53. The van der Waals surface area contributed by atoms with Gasteiger partial charge in [-0.3, -0.25) is 14.5 Å². The lowest BCUT2D eigenvalue weighted by Gasteiger charge is -2.32. The zero-order valence-electron chi connectivity index (χ0n) is 21.0. The van der Waals surface area contributed by atoms with Crippen molar-refractivity contribution in [3.05, 3.63) is 65.2 Å². The number of nitrogens with one attached hydrogen (secondary N) is 2. The fourth-order valence-electron chi connectivity index (χ4n) is 4.80. The standard InChI is InChI=1S/C28H33F4N3O2/c1-17(2)18-7-9-19(10-8-18)25(34-27(37)22-15-23(22)29)21-5-3-4-6-24(21)33-26(36)20-11-13-35(14-12-20)16-28(30,31)32/h3-10,17,20,22-23,25H,11-16H2,1-2H3,(H,33,36)(H,34,37). The molecular weight excluding hydrogens is 486 g/mol. The Hall–Kier alpha value is -2.94. The molecule has 3 unspecified atom stereocenters. The van der Waals surface area contributed by atoms with Crippen LogP contribution in [0, 0.1) is 11.8 Å². The molecule has 2 aromatic carbocycles. The topological polar surface area (TPSA) is 61.4 Å². The van der Waals surface area contributed by atoms with E-state index in [4.69, 9.17) is 0 Å². The minimum atomic E-state index is -4.26. The lowest BCUT2D eigenvalue weighted by Crippen LogP contribution is -2.42. The molecule has 2 N–H and O–H groups in total. The zero-order chi connectivity index (χ0) is 26.7. The highest BCUT2D eigenvalue weighted by molar-refractivity contribution is 5.93. The van der Waals surface area contributed by atoms with Gasteiger partial charge in [0.2, 0.25) is 11.8 Å². The van der Waals surface area contributed by atoms with Crippen molar-refractivity contribution >= 4 is 17.5 Å². The van der Waals surface area contributed by atoms with Crippen LogP contribution < -0.4 is 10.6 Å². The van der Waals surface area contributed by atoms with Gasteiger partial charge in [-0.15, -0.1) is 0 Å². The molecule has 200 valence electrons. The van der Waals surface area contributed by atoms with Crippen LogP contribution in [-0.4, -0.2) is 48.7 Å². The summed E-state index contributed by atoms with van der Waals surface area (Å²) in [5.74, 6) is -1.38. The zero-order valence-corrected chi connectivity index (χ0v) is 21.0. The van der Waals surface area contributed by atoms with Crippen LogP contribution >= 0.6 is 0 Å². The lowest BCUT2D eigenvalue weighted by molar-refractivity contribution is -0.149. The van der Waals surface area contributed by atoms with Crippen molar-refractivity contribution in [2.75, 3.05) is 25.0 Å². The van der Waals surface area contributed by atoms with Gasteiger partial charge < -0.3 is 10.6 Å². The molecule has 2 fully saturated rings. The van der Waals surface area contributed by atoms with E-state index < -0.39 is 36.8 Å². The fraction of sp³-hybridized carbons (Fsp3) is 0.500. The summed E-state index contributed by atoms with van der Waals surface area (Å²) < 4.78 is 51.7. The van der Waals surface area contributed by atoms with Gasteiger partial charge in [-0.25, -0.2) is 4.39 Å². The molecular formula is C28H33F4N3O2. The van der Waals surface area contributed by atoms with E-state index in [1.165, 1.54) is 4.90 Å². The van der Waals surface area contributed by atoms with E-state index in [2.05, 4.69) is 24.5 Å². The molecule has 1 heterocycles. The second-order valence-electron chi connectivity index (χ2n) is 10.4. The SMILES string of the molecule is CC(C)c1ccc(C(NC(=O)C2CC2F)c2ccccc2NC(=O)C2CCN(CC(F)(F)F)CC2)cc1. The Morgan fingerprint density at radius 3 is 2.14 bits per heavy atom. The molecule has 37 heavy (non-hydrogen) atoms. The van der Waals surface area contributed by atoms with Crippen molar-refractivity contribution in [3.8, 4) is 0 Å². The number of nitrogens with zero attached hydrogens (tertiary/aromatic N) is 1. The van der Waals surface area contributed by atoms with Crippen LogP contribution in [0.2, 0.25) is 0 Å². The van der Waals surface area contributed by atoms with Crippen molar-refractivity contribution in [2.24, 2.45) is 11.8 Å². The fourth-order valence-corrected chi connectivity index (χ4v) is 4.80. The smallest absolute Gasteiger partial charge is 0.345 e. The molecule has 5 nitrogen and oxygen atoms in total. The van der Waals surface area contributed by atoms with Gasteiger partial charge >= 0.3 is 6.18 Å². The highest BCUT2D eigenvalue weighted by atomic mass is 19.4. The second kappa shape index (κ2) is 11.2. The molecule has 4 rings (SSSR count). The molecule has 0 radical (unpaired) electrons. The van der Waals surface area contributed by atoms with Crippen LogP contribution in [-0.2, 0) is 9.59 Å². The number of alkyl halides is 4. The number of piperidine rings is 1. The minimum absolute atomic E-state index is 0.200. The quantitative estimate of drug-likeness (QED) is 0.448. The molecule has 2 aromatic rings. The Bertz CT molecular complexity index is 1100. The van der Waals surface area contributed by atoms with Crippen molar-refractivity contribution in [1.29, 1.82) is 0 Å². The van der Waals surface area contributed by atoms with Gasteiger partial charge in [0.05, 0.1) is 18.5 Å². The maximum absolute atomic E-state index is 13.6. The van der Waals surface area contributed by atoms with Gasteiger partial charge in [0.25, 0.3) is 0 Å². The first kappa shape index (κ1) is 27.1. The highest BCUT2D eigenvalue weighted by Crippen LogP contribution is 2.36. The Balaban J connectivity index is 1.52. The molecule has 0 aromatic heterocycles. The summed E-state index contributed by atoms with van der Waals surface area (Å²) in [5, 5.41) is 5.91. The molecule has 0 bridgehead atoms. The number of hydrogen-bond acceptors (Lipinski definition) is 3. The number of hydrogen-bond donors (Lipinski definition) is 2.